The lowest BCUT2D eigenvalue weighted by molar-refractivity contribution is 0.103. The summed E-state index contributed by atoms with van der Waals surface area (Å²) in [6.45, 7) is 0. The van der Waals surface area contributed by atoms with Crippen molar-refractivity contribution in [3.8, 4) is 0 Å². The standard InChI is InChI=1S/C17H15ClN2O3S2/c1-20(2)25(22,23)12-9-7-11(8-10-12)19-17(21)16-15(18)13-5-3-4-6-14(13)24-16/h3-10H,1-2H3,(H,19,21). The molecule has 2 aromatic carbocycles. The molecule has 0 saturated heterocycles. The Kier molecular flexibility index (Phi) is 4.83. The van der Waals surface area contributed by atoms with Crippen molar-refractivity contribution in [2.45, 2.75) is 4.90 Å². The number of anilines is 1. The molecule has 0 aliphatic rings. The van der Waals surface area contributed by atoms with Crippen molar-refractivity contribution < 1.29 is 13.2 Å². The monoisotopic (exact) mass is 394 g/mol. The molecule has 0 bridgehead atoms. The van der Waals surface area contributed by atoms with Gasteiger partial charge in [-0.25, -0.2) is 12.7 Å². The molecule has 130 valence electrons. The van der Waals surface area contributed by atoms with E-state index in [1.807, 2.05) is 24.3 Å². The molecule has 0 radical (unpaired) electrons. The number of halogens is 1. The molecule has 3 aromatic rings. The van der Waals surface area contributed by atoms with E-state index in [1.165, 1.54) is 37.6 Å². The highest BCUT2D eigenvalue weighted by Crippen LogP contribution is 2.35. The zero-order chi connectivity index (χ0) is 18.2. The minimum Gasteiger partial charge on any atom is -0.321 e. The number of benzene rings is 2. The summed E-state index contributed by atoms with van der Waals surface area (Å²) in [4.78, 5) is 13.1. The fourth-order valence-electron chi connectivity index (χ4n) is 2.27. The molecule has 8 heteroatoms. The van der Waals surface area contributed by atoms with Gasteiger partial charge >= 0.3 is 0 Å². The first-order valence-electron chi connectivity index (χ1n) is 7.31. The first-order valence-corrected chi connectivity index (χ1v) is 9.95. The summed E-state index contributed by atoms with van der Waals surface area (Å²) in [7, 11) is -0.563. The van der Waals surface area contributed by atoms with E-state index in [0.717, 1.165) is 14.4 Å². The molecule has 1 N–H and O–H groups in total. The van der Waals surface area contributed by atoms with Gasteiger partial charge in [-0.1, -0.05) is 29.8 Å². The Morgan fingerprint density at radius 3 is 2.32 bits per heavy atom. The lowest BCUT2D eigenvalue weighted by atomic mass is 10.2. The predicted octanol–water partition coefficient (Wildman–Crippen LogP) is 4.06. The van der Waals surface area contributed by atoms with E-state index in [-0.39, 0.29) is 10.8 Å². The second-order valence-corrected chi connectivity index (χ2v) is 9.09. The molecule has 0 spiro atoms. The maximum atomic E-state index is 12.5. The molecular formula is C17H15ClN2O3S2. The number of rotatable bonds is 4. The van der Waals surface area contributed by atoms with Gasteiger partial charge in [0.2, 0.25) is 10.0 Å². The smallest absolute Gasteiger partial charge is 0.267 e. The number of carbonyl (C=O) groups is 1. The Labute approximate surface area is 154 Å². The first kappa shape index (κ1) is 17.9. The van der Waals surface area contributed by atoms with E-state index in [4.69, 9.17) is 11.6 Å². The molecule has 5 nitrogen and oxygen atoms in total. The summed E-state index contributed by atoms with van der Waals surface area (Å²) in [6.07, 6.45) is 0. The Morgan fingerprint density at radius 1 is 1.08 bits per heavy atom. The lowest BCUT2D eigenvalue weighted by Crippen LogP contribution is -2.22. The normalized spacial score (nSPS) is 11.8. The maximum absolute atomic E-state index is 12.5. The number of hydrogen-bond acceptors (Lipinski definition) is 4. The lowest BCUT2D eigenvalue weighted by Gasteiger charge is -2.11. The van der Waals surface area contributed by atoms with Gasteiger partial charge in [0.25, 0.3) is 5.91 Å². The number of nitrogens with one attached hydrogen (secondary N) is 1. The highest BCUT2D eigenvalue weighted by Gasteiger charge is 2.19. The molecule has 0 aliphatic heterocycles. The highest BCUT2D eigenvalue weighted by atomic mass is 35.5. The summed E-state index contributed by atoms with van der Waals surface area (Å²) >= 11 is 7.62. The minimum absolute atomic E-state index is 0.162. The summed E-state index contributed by atoms with van der Waals surface area (Å²) in [5.74, 6) is -0.325. The van der Waals surface area contributed by atoms with Crippen LogP contribution in [0.1, 0.15) is 9.67 Å². The molecule has 1 amide bonds. The summed E-state index contributed by atoms with van der Waals surface area (Å²) in [5, 5.41) is 4.01. The van der Waals surface area contributed by atoms with Crippen LogP contribution in [0.5, 0.6) is 0 Å². The minimum atomic E-state index is -3.50. The van der Waals surface area contributed by atoms with Crippen molar-refractivity contribution in [1.29, 1.82) is 0 Å². The Hall–Kier alpha value is -1.93. The van der Waals surface area contributed by atoms with Gasteiger partial charge in [0, 0.05) is 29.9 Å². The van der Waals surface area contributed by atoms with E-state index in [9.17, 15) is 13.2 Å². The molecule has 25 heavy (non-hydrogen) atoms. The van der Waals surface area contributed by atoms with Crippen molar-refractivity contribution in [2.75, 3.05) is 19.4 Å². The van der Waals surface area contributed by atoms with Crippen LogP contribution in [0.15, 0.2) is 53.4 Å². The summed E-state index contributed by atoms with van der Waals surface area (Å²) in [5.41, 5.74) is 0.497. The molecule has 0 unspecified atom stereocenters. The molecule has 0 atom stereocenters. The van der Waals surface area contributed by atoms with Crippen molar-refractivity contribution in [2.24, 2.45) is 0 Å². The fraction of sp³-hybridized carbons (Fsp3) is 0.118. The van der Waals surface area contributed by atoms with Crippen LogP contribution in [0.2, 0.25) is 5.02 Å². The summed E-state index contributed by atoms with van der Waals surface area (Å²) in [6, 6.07) is 13.5. The molecule has 1 aromatic heterocycles. The third-order valence-corrected chi connectivity index (χ3v) is 7.14. The van der Waals surface area contributed by atoms with E-state index in [1.54, 1.807) is 12.1 Å². The second-order valence-electron chi connectivity index (χ2n) is 5.51. The van der Waals surface area contributed by atoms with E-state index in [2.05, 4.69) is 5.32 Å². The zero-order valence-electron chi connectivity index (χ0n) is 13.5. The third-order valence-electron chi connectivity index (χ3n) is 3.63. The predicted molar refractivity (Wildman–Crippen MR) is 102 cm³/mol. The van der Waals surface area contributed by atoms with Crippen LogP contribution in [0, 0.1) is 0 Å². The number of carbonyl (C=O) groups excluding carboxylic acids is 1. The van der Waals surface area contributed by atoms with Gasteiger partial charge in [-0.2, -0.15) is 0 Å². The second kappa shape index (κ2) is 6.76. The quantitative estimate of drug-likeness (QED) is 0.725. The topological polar surface area (TPSA) is 66.5 Å². The fourth-order valence-corrected chi connectivity index (χ4v) is 4.58. The van der Waals surface area contributed by atoms with Gasteiger partial charge in [-0.15, -0.1) is 11.3 Å². The summed E-state index contributed by atoms with van der Waals surface area (Å²) < 4.78 is 26.2. The van der Waals surface area contributed by atoms with E-state index < -0.39 is 10.0 Å². The largest absolute Gasteiger partial charge is 0.321 e. The number of amides is 1. The number of hydrogen-bond donors (Lipinski definition) is 1. The number of fused-ring (bicyclic) bond motifs is 1. The van der Waals surface area contributed by atoms with Gasteiger partial charge in [-0.3, -0.25) is 4.79 Å². The van der Waals surface area contributed by atoms with Crippen LogP contribution in [0.4, 0.5) is 5.69 Å². The van der Waals surface area contributed by atoms with Gasteiger partial charge in [0.15, 0.2) is 0 Å². The van der Waals surface area contributed by atoms with Crippen molar-refractivity contribution >= 4 is 54.6 Å². The van der Waals surface area contributed by atoms with Crippen LogP contribution >= 0.6 is 22.9 Å². The van der Waals surface area contributed by atoms with Crippen molar-refractivity contribution in [3.05, 3.63) is 58.4 Å². The van der Waals surface area contributed by atoms with Crippen molar-refractivity contribution in [1.82, 2.24) is 4.31 Å². The van der Waals surface area contributed by atoms with Gasteiger partial charge in [0.05, 0.1) is 9.92 Å². The molecular weight excluding hydrogens is 380 g/mol. The van der Waals surface area contributed by atoms with E-state index in [0.29, 0.717) is 15.6 Å². The SMILES string of the molecule is CN(C)S(=O)(=O)c1ccc(NC(=O)c2sc3ccccc3c2Cl)cc1. The van der Waals surface area contributed by atoms with Crippen LogP contribution in [0.3, 0.4) is 0 Å². The maximum Gasteiger partial charge on any atom is 0.267 e. The van der Waals surface area contributed by atoms with Gasteiger partial charge in [0.1, 0.15) is 4.88 Å². The van der Waals surface area contributed by atoms with Crippen LogP contribution < -0.4 is 5.32 Å². The number of sulfonamides is 1. The van der Waals surface area contributed by atoms with Crippen LogP contribution in [-0.2, 0) is 10.0 Å². The Balaban J connectivity index is 1.84. The highest BCUT2D eigenvalue weighted by molar-refractivity contribution is 7.89. The first-order chi connectivity index (χ1) is 11.8. The van der Waals surface area contributed by atoms with Crippen LogP contribution in [0.25, 0.3) is 10.1 Å². The molecule has 0 aliphatic carbocycles. The average Bonchev–Trinajstić information content (AvgIpc) is 2.93. The van der Waals surface area contributed by atoms with E-state index >= 15 is 0 Å². The Bertz CT molecular complexity index is 1040. The van der Waals surface area contributed by atoms with Crippen molar-refractivity contribution in [3.63, 3.8) is 0 Å². The number of nitrogens with zero attached hydrogens (tertiary/aromatic N) is 1. The average molecular weight is 395 g/mol. The molecule has 3 rings (SSSR count). The third kappa shape index (κ3) is 3.41. The molecule has 0 fully saturated rings. The van der Waals surface area contributed by atoms with Gasteiger partial charge < -0.3 is 5.32 Å². The van der Waals surface area contributed by atoms with Gasteiger partial charge in [-0.05, 0) is 30.3 Å². The Morgan fingerprint density at radius 2 is 1.72 bits per heavy atom. The zero-order valence-corrected chi connectivity index (χ0v) is 15.9. The molecule has 0 saturated carbocycles. The molecule has 1 heterocycles. The number of thiophene rings is 1. The van der Waals surface area contributed by atoms with Crippen LogP contribution in [-0.4, -0.2) is 32.7 Å².